The van der Waals surface area contributed by atoms with Gasteiger partial charge in [-0.25, -0.2) is 9.36 Å². The standard InChI is InChI=1S/C25H35N4O10P/c1-14(2)20(30)16(4)37-22(32)15(3)28-40(35,39-17-9-7-6-8-10-17)36-13-18-21(31)25(5,34)23(38-18)29-12-11-19(26)27-24(29)33/h6-12,14-16,18,21,23,31,34H,13H2,1-5H3,(H,28,35)(H2,26,27,33)/t15-,16-,18+,21+,23+,25+,40-/m0/s1. The quantitative estimate of drug-likeness (QED) is 0.205. The monoisotopic (exact) mass is 582 g/mol. The van der Waals surface area contributed by atoms with Crippen LogP contribution in [-0.4, -0.2) is 68.1 Å². The van der Waals surface area contributed by atoms with Crippen LogP contribution in [0.3, 0.4) is 0 Å². The number of anilines is 1. The first-order valence-corrected chi connectivity index (χ1v) is 14.1. The molecule has 0 aliphatic carbocycles. The van der Waals surface area contributed by atoms with Crippen molar-refractivity contribution >= 4 is 25.3 Å². The molecule has 0 amide bonds. The molecule has 220 valence electrons. The van der Waals surface area contributed by atoms with Gasteiger partial charge in [-0.15, -0.1) is 0 Å². The fourth-order valence-electron chi connectivity index (χ4n) is 3.96. The van der Waals surface area contributed by atoms with Crippen LogP contribution in [0.4, 0.5) is 5.82 Å². The van der Waals surface area contributed by atoms with Crippen LogP contribution < -0.4 is 21.0 Å². The second-order valence-corrected chi connectivity index (χ2v) is 11.6. The largest absolute Gasteiger partial charge is 0.459 e. The van der Waals surface area contributed by atoms with Crippen LogP contribution >= 0.6 is 7.75 Å². The molecule has 1 saturated heterocycles. The number of nitrogen functional groups attached to an aromatic ring is 1. The number of nitrogens with one attached hydrogen (secondary N) is 1. The lowest BCUT2D eigenvalue weighted by molar-refractivity contribution is -0.156. The second kappa shape index (κ2) is 12.6. The van der Waals surface area contributed by atoms with Crippen LogP contribution in [0.25, 0.3) is 0 Å². The number of nitrogens with two attached hydrogens (primary N) is 1. The van der Waals surface area contributed by atoms with Gasteiger partial charge in [-0.2, -0.15) is 10.1 Å². The van der Waals surface area contributed by atoms with Crippen molar-refractivity contribution in [2.24, 2.45) is 5.92 Å². The predicted molar refractivity (Wildman–Crippen MR) is 142 cm³/mol. The summed E-state index contributed by atoms with van der Waals surface area (Å²) in [6.07, 6.45) is -4.04. The van der Waals surface area contributed by atoms with Crippen LogP contribution in [0, 0.1) is 5.92 Å². The van der Waals surface area contributed by atoms with Gasteiger partial charge in [-0.1, -0.05) is 32.0 Å². The summed E-state index contributed by atoms with van der Waals surface area (Å²) in [5, 5.41) is 24.2. The molecule has 5 N–H and O–H groups in total. The third kappa shape index (κ3) is 7.33. The predicted octanol–water partition coefficient (Wildman–Crippen LogP) is 1.17. The summed E-state index contributed by atoms with van der Waals surface area (Å²) in [6.45, 7) is 6.79. The molecular weight excluding hydrogens is 547 g/mol. The number of para-hydroxylation sites is 1. The number of Topliss-reactive ketones (excluding diaryl/α,β-unsaturated/α-hetero) is 1. The maximum Gasteiger partial charge on any atom is 0.459 e. The summed E-state index contributed by atoms with van der Waals surface area (Å²) in [5.74, 6) is -1.43. The number of carbonyl (C=O) groups is 2. The fourth-order valence-corrected chi connectivity index (χ4v) is 5.46. The highest BCUT2D eigenvalue weighted by Crippen LogP contribution is 2.47. The molecule has 0 radical (unpaired) electrons. The van der Waals surface area contributed by atoms with Crippen LogP contribution in [-0.2, 0) is 28.2 Å². The van der Waals surface area contributed by atoms with Crippen LogP contribution in [0.2, 0.25) is 0 Å². The molecule has 0 spiro atoms. The van der Waals surface area contributed by atoms with Gasteiger partial charge < -0.3 is 29.9 Å². The van der Waals surface area contributed by atoms with Crippen molar-refractivity contribution in [2.75, 3.05) is 12.3 Å². The maximum absolute atomic E-state index is 13.8. The number of benzene rings is 1. The third-order valence-corrected chi connectivity index (χ3v) is 7.85. The van der Waals surface area contributed by atoms with Crippen molar-refractivity contribution in [1.82, 2.24) is 14.6 Å². The van der Waals surface area contributed by atoms with E-state index in [1.807, 2.05) is 0 Å². The lowest BCUT2D eigenvalue weighted by Crippen LogP contribution is -2.46. The number of aliphatic hydroxyl groups excluding tert-OH is 1. The highest BCUT2D eigenvalue weighted by atomic mass is 31.2. The van der Waals surface area contributed by atoms with Crippen molar-refractivity contribution in [2.45, 2.75) is 70.8 Å². The summed E-state index contributed by atoms with van der Waals surface area (Å²) in [7, 11) is -4.37. The third-order valence-electron chi connectivity index (χ3n) is 6.20. The van der Waals surface area contributed by atoms with Crippen molar-refractivity contribution in [3.63, 3.8) is 0 Å². The molecular formula is C25H35N4O10P. The van der Waals surface area contributed by atoms with Crippen LogP contribution in [0.5, 0.6) is 5.75 Å². The SMILES string of the molecule is CC(C)C(=O)[C@H](C)OC(=O)[C@H](C)N[P@](=O)(OC[C@H]1O[C@@H](n2ccc(N)nc2=O)[C@](C)(O)[C@@H]1O)Oc1ccccc1. The summed E-state index contributed by atoms with van der Waals surface area (Å²) < 4.78 is 36.8. The topological polar surface area (TPSA) is 202 Å². The number of aliphatic hydroxyl groups is 2. The minimum atomic E-state index is -4.37. The Kier molecular flexibility index (Phi) is 9.88. The Morgan fingerprint density at radius 2 is 1.88 bits per heavy atom. The lowest BCUT2D eigenvalue weighted by atomic mass is 9.96. The van der Waals surface area contributed by atoms with Crippen molar-refractivity contribution in [3.8, 4) is 5.75 Å². The van der Waals surface area contributed by atoms with E-state index in [1.165, 1.54) is 45.2 Å². The molecule has 14 nitrogen and oxygen atoms in total. The molecule has 1 aromatic heterocycles. The van der Waals surface area contributed by atoms with E-state index < -0.39 is 62.2 Å². The summed E-state index contributed by atoms with van der Waals surface area (Å²) in [6, 6.07) is 8.04. The Bertz CT molecular complexity index is 1300. The zero-order chi connectivity index (χ0) is 29.8. The van der Waals surface area contributed by atoms with E-state index in [0.717, 1.165) is 4.57 Å². The zero-order valence-corrected chi connectivity index (χ0v) is 23.7. The average molecular weight is 583 g/mol. The molecule has 2 heterocycles. The van der Waals surface area contributed by atoms with Gasteiger partial charge in [-0.3, -0.25) is 18.7 Å². The number of esters is 1. The molecule has 1 fully saturated rings. The van der Waals surface area contributed by atoms with Gasteiger partial charge in [0.25, 0.3) is 0 Å². The van der Waals surface area contributed by atoms with Crippen molar-refractivity contribution < 1.29 is 42.9 Å². The Hall–Kier alpha value is -3.13. The molecule has 40 heavy (non-hydrogen) atoms. The number of nitrogens with zero attached hydrogens (tertiary/aromatic N) is 2. The van der Waals surface area contributed by atoms with Crippen molar-refractivity contribution in [1.29, 1.82) is 0 Å². The van der Waals surface area contributed by atoms with Gasteiger partial charge in [0.1, 0.15) is 35.4 Å². The smallest absolute Gasteiger partial charge is 0.453 e. The van der Waals surface area contributed by atoms with Gasteiger partial charge in [0.15, 0.2) is 18.1 Å². The first kappa shape index (κ1) is 31.4. The highest BCUT2D eigenvalue weighted by molar-refractivity contribution is 7.52. The van der Waals surface area contributed by atoms with Gasteiger partial charge in [0.2, 0.25) is 0 Å². The molecule has 3 rings (SSSR count). The Balaban J connectivity index is 1.77. The maximum atomic E-state index is 13.8. The van der Waals surface area contributed by atoms with E-state index in [1.54, 1.807) is 32.0 Å². The number of rotatable bonds is 12. The van der Waals surface area contributed by atoms with Crippen LogP contribution in [0.1, 0.15) is 40.8 Å². The lowest BCUT2D eigenvalue weighted by Gasteiger charge is -2.27. The van der Waals surface area contributed by atoms with E-state index >= 15 is 0 Å². The second-order valence-electron chi connectivity index (χ2n) is 9.92. The minimum Gasteiger partial charge on any atom is -0.453 e. The molecule has 7 atom stereocenters. The minimum absolute atomic E-state index is 0.0417. The molecule has 1 aromatic carbocycles. The summed E-state index contributed by atoms with van der Waals surface area (Å²) in [5.41, 5.74) is 2.72. The normalized spacial score (nSPS) is 25.6. The van der Waals surface area contributed by atoms with Crippen molar-refractivity contribution in [3.05, 3.63) is 53.1 Å². The van der Waals surface area contributed by atoms with Gasteiger partial charge in [0, 0.05) is 12.1 Å². The van der Waals surface area contributed by atoms with Gasteiger partial charge in [0.05, 0.1) is 6.61 Å². The molecule has 15 heteroatoms. The molecule has 0 saturated carbocycles. The highest BCUT2D eigenvalue weighted by Gasteiger charge is 2.54. The molecule has 0 unspecified atom stereocenters. The van der Waals surface area contributed by atoms with Gasteiger partial charge in [-0.05, 0) is 39.0 Å². The van der Waals surface area contributed by atoms with E-state index in [4.69, 9.17) is 24.3 Å². The Labute approximate surface area is 231 Å². The Morgan fingerprint density at radius 3 is 2.48 bits per heavy atom. The van der Waals surface area contributed by atoms with Crippen LogP contribution in [0.15, 0.2) is 47.4 Å². The number of hydrogen-bond acceptors (Lipinski definition) is 12. The van der Waals surface area contributed by atoms with Gasteiger partial charge >= 0.3 is 19.4 Å². The Morgan fingerprint density at radius 1 is 1.23 bits per heavy atom. The number of hydrogen-bond donors (Lipinski definition) is 4. The number of carbonyl (C=O) groups excluding carboxylic acids is 2. The first-order chi connectivity index (χ1) is 18.6. The average Bonchev–Trinajstić information content (AvgIpc) is 3.10. The summed E-state index contributed by atoms with van der Waals surface area (Å²) >= 11 is 0. The number of aromatic nitrogens is 2. The molecule has 2 aromatic rings. The molecule has 1 aliphatic heterocycles. The number of ketones is 1. The molecule has 1 aliphatic rings. The van der Waals surface area contributed by atoms with E-state index in [0.29, 0.717) is 0 Å². The fraction of sp³-hybridized carbons (Fsp3) is 0.520. The molecule has 0 bridgehead atoms. The number of ether oxygens (including phenoxy) is 2. The first-order valence-electron chi connectivity index (χ1n) is 12.6. The zero-order valence-electron chi connectivity index (χ0n) is 22.8. The van der Waals surface area contributed by atoms with E-state index in [9.17, 15) is 29.2 Å². The van der Waals surface area contributed by atoms with E-state index in [-0.39, 0.29) is 23.3 Å². The van der Waals surface area contributed by atoms with E-state index in [2.05, 4.69) is 10.1 Å². The summed E-state index contributed by atoms with van der Waals surface area (Å²) in [4.78, 5) is 40.7.